The Hall–Kier alpha value is -0.870. The normalized spacial score (nSPS) is 13.4. The average Bonchev–Trinajstić information content (AvgIpc) is 2.44. The van der Waals surface area contributed by atoms with Crippen molar-refractivity contribution in [3.63, 3.8) is 0 Å². The van der Waals surface area contributed by atoms with Crippen molar-refractivity contribution >= 4 is 21.4 Å². The molecule has 2 heterocycles. The first-order chi connectivity index (χ1) is 6.68. The molecule has 1 atom stereocenters. The van der Waals surface area contributed by atoms with E-state index >= 15 is 0 Å². The van der Waals surface area contributed by atoms with Crippen molar-refractivity contribution in [3.05, 3.63) is 34.6 Å². The molecule has 0 spiro atoms. The molecule has 0 aliphatic heterocycles. The van der Waals surface area contributed by atoms with Gasteiger partial charge in [0, 0.05) is 18.7 Å². The van der Waals surface area contributed by atoms with Gasteiger partial charge in [-0.3, -0.25) is 0 Å². The second kappa shape index (κ2) is 3.71. The first-order valence-corrected chi connectivity index (χ1v) is 5.35. The van der Waals surface area contributed by atoms with Gasteiger partial charge in [-0.05, 0) is 35.0 Å². The zero-order valence-corrected chi connectivity index (χ0v) is 9.53. The summed E-state index contributed by atoms with van der Waals surface area (Å²) in [6, 6.07) is 6.12. The fourth-order valence-electron chi connectivity index (χ4n) is 1.45. The smallest absolute Gasteiger partial charge is 0.0806 e. The van der Waals surface area contributed by atoms with Crippen LogP contribution in [0.3, 0.4) is 0 Å². The summed E-state index contributed by atoms with van der Waals surface area (Å²) in [5, 5.41) is 4.44. The van der Waals surface area contributed by atoms with E-state index in [2.05, 4.69) is 21.0 Å². The Kier molecular flexibility index (Phi) is 2.56. The lowest BCUT2D eigenvalue weighted by atomic mass is 10.2. The van der Waals surface area contributed by atoms with Gasteiger partial charge in [0.2, 0.25) is 0 Å². The number of halogens is 1. The van der Waals surface area contributed by atoms with Crippen molar-refractivity contribution in [3.8, 4) is 0 Å². The number of pyridine rings is 1. The molecule has 2 rings (SSSR count). The lowest BCUT2D eigenvalue weighted by Gasteiger charge is -2.00. The standard InChI is InChI=1S/C10H12BrN3/c1-7(12)6-8-10(11)9-4-2-3-5-14(9)13-8/h2-5,7H,6,12H2,1H3. The highest BCUT2D eigenvalue weighted by Crippen LogP contribution is 2.22. The summed E-state index contributed by atoms with van der Waals surface area (Å²) in [7, 11) is 0. The van der Waals surface area contributed by atoms with Crippen molar-refractivity contribution in [2.45, 2.75) is 19.4 Å². The maximum absolute atomic E-state index is 5.75. The zero-order chi connectivity index (χ0) is 10.1. The Bertz CT molecular complexity index is 448. The fourth-order valence-corrected chi connectivity index (χ4v) is 2.01. The first-order valence-electron chi connectivity index (χ1n) is 4.56. The van der Waals surface area contributed by atoms with Crippen LogP contribution in [0.4, 0.5) is 0 Å². The summed E-state index contributed by atoms with van der Waals surface area (Å²) in [6.07, 6.45) is 2.73. The predicted molar refractivity (Wildman–Crippen MR) is 60.2 cm³/mol. The number of rotatable bonds is 2. The van der Waals surface area contributed by atoms with E-state index in [1.54, 1.807) is 0 Å². The van der Waals surface area contributed by atoms with Crippen LogP contribution in [0.5, 0.6) is 0 Å². The van der Waals surface area contributed by atoms with Crippen LogP contribution in [-0.2, 0) is 6.42 Å². The summed E-state index contributed by atoms with van der Waals surface area (Å²) in [5.74, 6) is 0. The Labute approximate surface area is 91.0 Å². The molecule has 0 amide bonds. The van der Waals surface area contributed by atoms with Gasteiger partial charge >= 0.3 is 0 Å². The van der Waals surface area contributed by atoms with Gasteiger partial charge in [-0.25, -0.2) is 4.52 Å². The van der Waals surface area contributed by atoms with Crippen LogP contribution in [0.2, 0.25) is 0 Å². The summed E-state index contributed by atoms with van der Waals surface area (Å²) >= 11 is 3.54. The van der Waals surface area contributed by atoms with E-state index in [4.69, 9.17) is 5.73 Å². The highest BCUT2D eigenvalue weighted by atomic mass is 79.9. The van der Waals surface area contributed by atoms with Gasteiger partial charge in [-0.1, -0.05) is 6.07 Å². The Balaban J connectivity index is 2.51. The third-order valence-corrected chi connectivity index (χ3v) is 2.93. The highest BCUT2D eigenvalue weighted by molar-refractivity contribution is 9.10. The Morgan fingerprint density at radius 2 is 2.36 bits per heavy atom. The molecule has 2 aromatic rings. The van der Waals surface area contributed by atoms with Gasteiger partial charge in [0.15, 0.2) is 0 Å². The molecule has 0 saturated carbocycles. The fraction of sp³-hybridized carbons (Fsp3) is 0.300. The molecule has 1 unspecified atom stereocenters. The minimum atomic E-state index is 0.135. The molecule has 14 heavy (non-hydrogen) atoms. The lowest BCUT2D eigenvalue weighted by Crippen LogP contribution is -2.18. The van der Waals surface area contributed by atoms with E-state index in [-0.39, 0.29) is 6.04 Å². The third-order valence-electron chi connectivity index (χ3n) is 2.06. The molecule has 74 valence electrons. The van der Waals surface area contributed by atoms with Gasteiger partial charge in [-0.2, -0.15) is 5.10 Å². The number of aromatic nitrogens is 2. The van der Waals surface area contributed by atoms with Crippen LogP contribution in [0, 0.1) is 0 Å². The van der Waals surface area contributed by atoms with Crippen molar-refractivity contribution in [2.75, 3.05) is 0 Å². The van der Waals surface area contributed by atoms with E-state index in [0.717, 1.165) is 22.1 Å². The van der Waals surface area contributed by atoms with Crippen LogP contribution >= 0.6 is 15.9 Å². The van der Waals surface area contributed by atoms with E-state index in [9.17, 15) is 0 Å². The average molecular weight is 254 g/mol. The van der Waals surface area contributed by atoms with Gasteiger partial charge in [0.05, 0.1) is 15.7 Å². The van der Waals surface area contributed by atoms with Gasteiger partial charge < -0.3 is 5.73 Å². The van der Waals surface area contributed by atoms with Gasteiger partial charge in [-0.15, -0.1) is 0 Å². The number of nitrogens with two attached hydrogens (primary N) is 1. The summed E-state index contributed by atoms with van der Waals surface area (Å²) in [4.78, 5) is 0. The lowest BCUT2D eigenvalue weighted by molar-refractivity contribution is 0.711. The maximum atomic E-state index is 5.75. The molecule has 4 heteroatoms. The van der Waals surface area contributed by atoms with Gasteiger partial charge in [0.1, 0.15) is 0 Å². The predicted octanol–water partition coefficient (Wildman–Crippen LogP) is 1.99. The summed E-state index contributed by atoms with van der Waals surface area (Å²) < 4.78 is 2.91. The van der Waals surface area contributed by atoms with Crippen LogP contribution < -0.4 is 5.73 Å². The van der Waals surface area contributed by atoms with Crippen molar-refractivity contribution in [1.29, 1.82) is 0 Å². The molecule has 2 N–H and O–H groups in total. The second-order valence-corrected chi connectivity index (χ2v) is 4.27. The van der Waals surface area contributed by atoms with E-state index in [0.29, 0.717) is 0 Å². The van der Waals surface area contributed by atoms with Crippen molar-refractivity contribution in [1.82, 2.24) is 9.61 Å². The minimum Gasteiger partial charge on any atom is -0.328 e. The second-order valence-electron chi connectivity index (χ2n) is 3.47. The minimum absolute atomic E-state index is 0.135. The van der Waals surface area contributed by atoms with Crippen LogP contribution in [-0.4, -0.2) is 15.7 Å². The van der Waals surface area contributed by atoms with E-state index < -0.39 is 0 Å². The number of hydrogen-bond acceptors (Lipinski definition) is 2. The molecule has 3 nitrogen and oxygen atoms in total. The highest BCUT2D eigenvalue weighted by Gasteiger charge is 2.10. The van der Waals surface area contributed by atoms with Crippen molar-refractivity contribution < 1.29 is 0 Å². The number of hydrogen-bond donors (Lipinski definition) is 1. The Morgan fingerprint density at radius 1 is 1.57 bits per heavy atom. The van der Waals surface area contributed by atoms with E-state index in [1.807, 2.05) is 35.8 Å². The topological polar surface area (TPSA) is 43.3 Å². The molecular weight excluding hydrogens is 242 g/mol. The summed E-state index contributed by atoms with van der Waals surface area (Å²) in [5.41, 5.74) is 7.85. The third kappa shape index (κ3) is 1.67. The van der Waals surface area contributed by atoms with Crippen molar-refractivity contribution in [2.24, 2.45) is 5.73 Å². The monoisotopic (exact) mass is 253 g/mol. The van der Waals surface area contributed by atoms with Crippen LogP contribution in [0.1, 0.15) is 12.6 Å². The Morgan fingerprint density at radius 3 is 3.00 bits per heavy atom. The van der Waals surface area contributed by atoms with Gasteiger partial charge in [0.25, 0.3) is 0 Å². The zero-order valence-electron chi connectivity index (χ0n) is 7.94. The molecule has 2 aromatic heterocycles. The molecule has 0 aromatic carbocycles. The SMILES string of the molecule is CC(N)Cc1nn2ccccc2c1Br. The van der Waals surface area contributed by atoms with E-state index in [1.165, 1.54) is 0 Å². The maximum Gasteiger partial charge on any atom is 0.0806 e. The molecule has 0 aliphatic carbocycles. The van der Waals surface area contributed by atoms with Crippen LogP contribution in [0.25, 0.3) is 5.52 Å². The summed E-state index contributed by atoms with van der Waals surface area (Å²) in [6.45, 7) is 1.98. The molecule has 0 aliphatic rings. The number of nitrogens with zero attached hydrogens (tertiary/aromatic N) is 2. The molecule has 0 saturated heterocycles. The quantitative estimate of drug-likeness (QED) is 0.890. The largest absolute Gasteiger partial charge is 0.328 e. The molecule has 0 bridgehead atoms. The molecule has 0 fully saturated rings. The first kappa shape index (κ1) is 9.68. The molecule has 0 radical (unpaired) electrons. The number of fused-ring (bicyclic) bond motifs is 1. The molecular formula is C10H12BrN3. The van der Waals surface area contributed by atoms with Crippen LogP contribution in [0.15, 0.2) is 28.9 Å².